The molecule has 6 nitrogen and oxygen atoms in total. The van der Waals surface area contributed by atoms with Crippen molar-refractivity contribution in [2.45, 2.75) is 19.6 Å². The van der Waals surface area contributed by atoms with Crippen molar-refractivity contribution in [2.75, 3.05) is 27.4 Å². The fraction of sp³-hybridized carbons (Fsp3) is 0.269. The van der Waals surface area contributed by atoms with Crippen LogP contribution in [0, 0.1) is 5.82 Å². The molecule has 1 unspecified atom stereocenters. The summed E-state index contributed by atoms with van der Waals surface area (Å²) in [5, 5.41) is 3.00. The first-order valence-corrected chi connectivity index (χ1v) is 10.6. The van der Waals surface area contributed by atoms with Crippen molar-refractivity contribution >= 4 is 5.91 Å². The van der Waals surface area contributed by atoms with Crippen LogP contribution >= 0.6 is 0 Å². The van der Waals surface area contributed by atoms with Crippen LogP contribution < -0.4 is 19.5 Å². The highest BCUT2D eigenvalue weighted by molar-refractivity contribution is 5.97. The van der Waals surface area contributed by atoms with Gasteiger partial charge in [-0.15, -0.1) is 0 Å². The topological polar surface area (TPSA) is 66.0 Å². The minimum atomic E-state index is -0.307. The van der Waals surface area contributed by atoms with Gasteiger partial charge in [-0.1, -0.05) is 30.3 Å². The number of amides is 1. The Balaban J connectivity index is 1.67. The molecule has 0 bridgehead atoms. The Hall–Kier alpha value is -3.58. The van der Waals surface area contributed by atoms with Crippen LogP contribution in [0.1, 0.15) is 34.5 Å². The van der Waals surface area contributed by atoms with Crippen LogP contribution in [-0.2, 0) is 11.3 Å². The summed E-state index contributed by atoms with van der Waals surface area (Å²) in [6.45, 7) is 3.00. The minimum absolute atomic E-state index is 0.224. The van der Waals surface area contributed by atoms with Crippen molar-refractivity contribution in [3.8, 4) is 17.2 Å². The van der Waals surface area contributed by atoms with Crippen LogP contribution in [0.25, 0.3) is 0 Å². The molecule has 1 amide bonds. The highest BCUT2D eigenvalue weighted by Crippen LogP contribution is 2.30. The number of hydrogen-bond donors (Lipinski definition) is 1. The second-order valence-corrected chi connectivity index (χ2v) is 7.36. The number of ether oxygens (including phenoxy) is 4. The van der Waals surface area contributed by atoms with Gasteiger partial charge in [0.15, 0.2) is 11.5 Å². The van der Waals surface area contributed by atoms with E-state index in [2.05, 4.69) is 5.32 Å². The molecule has 0 radical (unpaired) electrons. The van der Waals surface area contributed by atoms with Gasteiger partial charge in [0, 0.05) is 7.11 Å². The van der Waals surface area contributed by atoms with Crippen molar-refractivity contribution in [1.29, 1.82) is 0 Å². The fourth-order valence-electron chi connectivity index (χ4n) is 3.19. The molecule has 0 spiro atoms. The monoisotopic (exact) mass is 453 g/mol. The number of halogens is 1. The van der Waals surface area contributed by atoms with Crippen LogP contribution in [0.4, 0.5) is 4.39 Å². The number of para-hydroxylation sites is 1. The summed E-state index contributed by atoms with van der Waals surface area (Å²) in [6.07, 6.45) is 0. The van der Waals surface area contributed by atoms with Crippen LogP contribution in [0.15, 0.2) is 66.7 Å². The molecule has 174 valence electrons. The summed E-state index contributed by atoms with van der Waals surface area (Å²) in [4.78, 5) is 13.0. The Labute approximate surface area is 193 Å². The summed E-state index contributed by atoms with van der Waals surface area (Å²) >= 11 is 0. The third-order valence-electron chi connectivity index (χ3n) is 5.02. The zero-order valence-corrected chi connectivity index (χ0v) is 19.0. The molecule has 0 fully saturated rings. The van der Waals surface area contributed by atoms with Crippen LogP contribution in [-0.4, -0.2) is 33.3 Å². The van der Waals surface area contributed by atoms with Crippen LogP contribution in [0.2, 0.25) is 0 Å². The summed E-state index contributed by atoms with van der Waals surface area (Å²) in [5.41, 5.74) is 2.09. The molecule has 3 rings (SSSR count). The predicted octanol–water partition coefficient (Wildman–Crippen LogP) is 4.93. The van der Waals surface area contributed by atoms with Gasteiger partial charge < -0.3 is 24.3 Å². The lowest BCUT2D eigenvalue weighted by Crippen LogP contribution is -2.27. The number of carbonyl (C=O) groups excluding carboxylic acids is 1. The number of hydrogen-bond acceptors (Lipinski definition) is 5. The maximum absolute atomic E-state index is 13.1. The zero-order valence-electron chi connectivity index (χ0n) is 19.0. The Kier molecular flexibility index (Phi) is 8.66. The van der Waals surface area contributed by atoms with Crippen molar-refractivity contribution in [1.82, 2.24) is 5.32 Å². The molecule has 0 aliphatic rings. The second-order valence-electron chi connectivity index (χ2n) is 7.36. The third kappa shape index (κ3) is 6.70. The van der Waals surface area contributed by atoms with E-state index in [0.29, 0.717) is 36.0 Å². The van der Waals surface area contributed by atoms with E-state index in [4.69, 9.17) is 18.9 Å². The van der Waals surface area contributed by atoms with E-state index in [1.165, 1.54) is 12.1 Å². The van der Waals surface area contributed by atoms with Crippen LogP contribution in [0.5, 0.6) is 17.2 Å². The van der Waals surface area contributed by atoms with E-state index in [9.17, 15) is 9.18 Å². The maximum atomic E-state index is 13.1. The second kappa shape index (κ2) is 11.9. The van der Waals surface area contributed by atoms with Gasteiger partial charge in [-0.05, 0) is 54.4 Å². The molecule has 0 heterocycles. The molecule has 7 heteroatoms. The van der Waals surface area contributed by atoms with E-state index < -0.39 is 0 Å². The van der Waals surface area contributed by atoms with E-state index in [1.807, 2.05) is 25.1 Å². The Bertz CT molecular complexity index is 1050. The SMILES string of the molecule is COCCOc1ccc(C(C)NC(=O)c2ccccc2OCc2ccc(F)cc2)cc1OC. The average Bonchev–Trinajstić information content (AvgIpc) is 2.84. The van der Waals surface area contributed by atoms with E-state index in [1.54, 1.807) is 50.6 Å². The zero-order chi connectivity index (χ0) is 23.6. The van der Waals surface area contributed by atoms with Gasteiger partial charge in [-0.2, -0.15) is 0 Å². The first-order valence-electron chi connectivity index (χ1n) is 10.6. The molecule has 3 aromatic rings. The number of methoxy groups -OCH3 is 2. The molecule has 1 N–H and O–H groups in total. The molecule has 3 aromatic carbocycles. The summed E-state index contributed by atoms with van der Waals surface area (Å²) in [7, 11) is 3.18. The standard InChI is InChI=1S/C26H28FNO5/c1-18(20-10-13-24(25(16-20)31-3)32-15-14-30-2)28-26(29)22-6-4-5-7-23(22)33-17-19-8-11-21(27)12-9-19/h4-13,16,18H,14-15,17H2,1-3H3,(H,28,29). The number of nitrogens with one attached hydrogen (secondary N) is 1. The molecule has 33 heavy (non-hydrogen) atoms. The van der Waals surface area contributed by atoms with Gasteiger partial charge in [0.05, 0.1) is 25.3 Å². The van der Waals surface area contributed by atoms with Gasteiger partial charge >= 0.3 is 0 Å². The Morgan fingerprint density at radius 2 is 1.67 bits per heavy atom. The average molecular weight is 454 g/mol. The molecule has 0 aliphatic heterocycles. The number of rotatable bonds is 11. The largest absolute Gasteiger partial charge is 0.493 e. The Morgan fingerprint density at radius 3 is 2.39 bits per heavy atom. The molecule has 0 aliphatic carbocycles. The first kappa shape index (κ1) is 24.1. The highest BCUT2D eigenvalue weighted by atomic mass is 19.1. The van der Waals surface area contributed by atoms with Crippen molar-refractivity contribution in [2.24, 2.45) is 0 Å². The van der Waals surface area contributed by atoms with E-state index in [-0.39, 0.29) is 24.4 Å². The van der Waals surface area contributed by atoms with Crippen molar-refractivity contribution in [3.63, 3.8) is 0 Å². The van der Waals surface area contributed by atoms with E-state index in [0.717, 1.165) is 11.1 Å². The summed E-state index contributed by atoms with van der Waals surface area (Å²) < 4.78 is 35.1. The van der Waals surface area contributed by atoms with Gasteiger partial charge in [0.25, 0.3) is 5.91 Å². The van der Waals surface area contributed by atoms with E-state index >= 15 is 0 Å². The third-order valence-corrected chi connectivity index (χ3v) is 5.02. The smallest absolute Gasteiger partial charge is 0.255 e. The molecule has 1 atom stereocenters. The Morgan fingerprint density at radius 1 is 0.909 bits per heavy atom. The lowest BCUT2D eigenvalue weighted by Gasteiger charge is -2.18. The van der Waals surface area contributed by atoms with Gasteiger partial charge in [-0.3, -0.25) is 4.79 Å². The predicted molar refractivity (Wildman–Crippen MR) is 123 cm³/mol. The van der Waals surface area contributed by atoms with Gasteiger partial charge in [-0.25, -0.2) is 4.39 Å². The normalized spacial score (nSPS) is 11.5. The summed E-state index contributed by atoms with van der Waals surface area (Å²) in [5.74, 6) is 1.06. The molecule has 0 aromatic heterocycles. The first-order chi connectivity index (χ1) is 16.0. The fourth-order valence-corrected chi connectivity index (χ4v) is 3.19. The summed E-state index contributed by atoms with van der Waals surface area (Å²) in [6, 6.07) is 18.3. The van der Waals surface area contributed by atoms with Gasteiger partial charge in [0.2, 0.25) is 0 Å². The molecule has 0 saturated heterocycles. The molecular formula is C26H28FNO5. The molecule has 0 saturated carbocycles. The van der Waals surface area contributed by atoms with Gasteiger partial charge in [0.1, 0.15) is 24.8 Å². The van der Waals surface area contributed by atoms with Crippen molar-refractivity contribution < 1.29 is 28.1 Å². The van der Waals surface area contributed by atoms with Crippen molar-refractivity contribution in [3.05, 3.63) is 89.2 Å². The maximum Gasteiger partial charge on any atom is 0.255 e. The lowest BCUT2D eigenvalue weighted by atomic mass is 10.1. The number of benzene rings is 3. The quantitative estimate of drug-likeness (QED) is 0.417. The number of carbonyl (C=O) groups is 1. The lowest BCUT2D eigenvalue weighted by molar-refractivity contribution is 0.0935. The highest BCUT2D eigenvalue weighted by Gasteiger charge is 2.17. The minimum Gasteiger partial charge on any atom is -0.493 e. The molecular weight excluding hydrogens is 425 g/mol. The van der Waals surface area contributed by atoms with Crippen LogP contribution in [0.3, 0.4) is 0 Å².